The van der Waals surface area contributed by atoms with Crippen LogP contribution >= 0.6 is 0 Å². The lowest BCUT2D eigenvalue weighted by Gasteiger charge is -2.29. The van der Waals surface area contributed by atoms with Crippen molar-refractivity contribution in [3.8, 4) is 0 Å². The van der Waals surface area contributed by atoms with Gasteiger partial charge in [-0.05, 0) is 6.92 Å². The molecular formula is C8H14BNO4. The molecule has 1 fully saturated rings. The minimum atomic E-state index is -1.19. The first-order chi connectivity index (χ1) is 6.48. The van der Waals surface area contributed by atoms with E-state index in [2.05, 4.69) is 5.32 Å². The monoisotopic (exact) mass is 199 g/mol. The zero-order valence-corrected chi connectivity index (χ0v) is 8.23. The third-order valence-corrected chi connectivity index (χ3v) is 2.80. The van der Waals surface area contributed by atoms with Gasteiger partial charge < -0.3 is 20.3 Å². The highest BCUT2D eigenvalue weighted by Crippen LogP contribution is 2.37. The summed E-state index contributed by atoms with van der Waals surface area (Å²) in [4.78, 5) is 11.5. The summed E-state index contributed by atoms with van der Waals surface area (Å²) < 4.78 is 5.08. The predicted octanol–water partition coefficient (Wildman–Crippen LogP) is -2.01. The molecule has 0 unspecified atom stereocenters. The summed E-state index contributed by atoms with van der Waals surface area (Å²) in [5, 5.41) is 21.1. The van der Waals surface area contributed by atoms with Crippen molar-refractivity contribution in [2.45, 2.75) is 25.1 Å². The molecule has 0 aromatic heterocycles. The van der Waals surface area contributed by atoms with Crippen molar-refractivity contribution in [3.05, 3.63) is 0 Å². The van der Waals surface area contributed by atoms with Gasteiger partial charge in [0.25, 0.3) is 0 Å². The Morgan fingerprint density at radius 2 is 2.29 bits per heavy atom. The SMILES string of the molecule is [B][C@H]1O[C@H](CO)[C@@](C)(C(=O)NC)[C@@H]1O. The molecule has 3 N–H and O–H groups in total. The van der Waals surface area contributed by atoms with E-state index < -0.39 is 29.5 Å². The quantitative estimate of drug-likeness (QED) is 0.449. The summed E-state index contributed by atoms with van der Waals surface area (Å²) in [7, 11) is 6.91. The molecular weight excluding hydrogens is 185 g/mol. The highest BCUT2D eigenvalue weighted by Gasteiger charge is 2.55. The van der Waals surface area contributed by atoms with E-state index in [4.69, 9.17) is 17.7 Å². The summed E-state index contributed by atoms with van der Waals surface area (Å²) >= 11 is 0. The third-order valence-electron chi connectivity index (χ3n) is 2.80. The number of aliphatic hydroxyl groups is 2. The molecule has 0 aliphatic carbocycles. The molecule has 78 valence electrons. The zero-order valence-electron chi connectivity index (χ0n) is 8.23. The number of carbonyl (C=O) groups excluding carboxylic acids is 1. The van der Waals surface area contributed by atoms with Gasteiger partial charge in [-0.3, -0.25) is 4.79 Å². The first-order valence-electron chi connectivity index (χ1n) is 4.40. The fraction of sp³-hybridized carbons (Fsp3) is 0.875. The molecule has 1 aliphatic rings. The van der Waals surface area contributed by atoms with Crippen molar-refractivity contribution in [2.75, 3.05) is 13.7 Å². The zero-order chi connectivity index (χ0) is 10.9. The van der Waals surface area contributed by atoms with Crippen LogP contribution < -0.4 is 5.32 Å². The summed E-state index contributed by atoms with van der Waals surface area (Å²) in [5.41, 5.74) is -1.19. The molecule has 0 aromatic carbocycles. The van der Waals surface area contributed by atoms with Crippen LogP contribution in [0.4, 0.5) is 0 Å². The Kier molecular flexibility index (Phi) is 3.19. The second-order valence-corrected chi connectivity index (χ2v) is 3.58. The van der Waals surface area contributed by atoms with Crippen molar-refractivity contribution >= 4 is 13.8 Å². The fourth-order valence-corrected chi connectivity index (χ4v) is 1.72. The topological polar surface area (TPSA) is 78.8 Å². The van der Waals surface area contributed by atoms with Gasteiger partial charge in [-0.1, -0.05) is 0 Å². The van der Waals surface area contributed by atoms with Gasteiger partial charge in [0, 0.05) is 13.1 Å². The summed E-state index contributed by atoms with van der Waals surface area (Å²) in [6.45, 7) is 1.17. The number of aliphatic hydroxyl groups excluding tert-OH is 2. The molecule has 1 amide bonds. The van der Waals surface area contributed by atoms with E-state index in [-0.39, 0.29) is 6.61 Å². The largest absolute Gasteiger partial charge is 0.394 e. The van der Waals surface area contributed by atoms with E-state index in [1.807, 2.05) is 0 Å². The van der Waals surface area contributed by atoms with Crippen molar-refractivity contribution < 1.29 is 19.7 Å². The Labute approximate surface area is 83.9 Å². The fourth-order valence-electron chi connectivity index (χ4n) is 1.72. The van der Waals surface area contributed by atoms with Crippen molar-refractivity contribution in [2.24, 2.45) is 5.41 Å². The van der Waals surface area contributed by atoms with E-state index >= 15 is 0 Å². The maximum Gasteiger partial charge on any atom is 0.231 e. The molecule has 1 saturated heterocycles. The Morgan fingerprint density at radius 1 is 1.71 bits per heavy atom. The molecule has 1 heterocycles. The molecule has 0 spiro atoms. The molecule has 6 heteroatoms. The van der Waals surface area contributed by atoms with Crippen molar-refractivity contribution in [3.63, 3.8) is 0 Å². The normalized spacial score (nSPS) is 42.4. The van der Waals surface area contributed by atoms with Crippen LogP contribution in [-0.2, 0) is 9.53 Å². The number of amides is 1. The van der Waals surface area contributed by atoms with E-state index in [9.17, 15) is 9.90 Å². The third kappa shape index (κ3) is 1.43. The lowest BCUT2D eigenvalue weighted by Crippen LogP contribution is -2.51. The molecule has 0 bridgehead atoms. The molecule has 0 aromatic rings. The number of rotatable bonds is 2. The number of nitrogens with one attached hydrogen (secondary N) is 1. The average Bonchev–Trinajstić information content (AvgIpc) is 2.42. The number of ether oxygens (including phenoxy) is 1. The van der Waals surface area contributed by atoms with E-state index in [0.29, 0.717) is 0 Å². The summed E-state index contributed by atoms with van der Waals surface area (Å²) in [5.74, 6) is -0.392. The predicted molar refractivity (Wildman–Crippen MR) is 49.7 cm³/mol. The van der Waals surface area contributed by atoms with Gasteiger partial charge in [-0.2, -0.15) is 0 Å². The van der Waals surface area contributed by atoms with Gasteiger partial charge in [0.15, 0.2) is 0 Å². The molecule has 5 nitrogen and oxygen atoms in total. The first-order valence-corrected chi connectivity index (χ1v) is 4.40. The molecule has 2 radical (unpaired) electrons. The van der Waals surface area contributed by atoms with Crippen LogP contribution in [-0.4, -0.2) is 55.8 Å². The lowest BCUT2D eigenvalue weighted by atomic mass is 9.75. The first kappa shape index (κ1) is 11.5. The second kappa shape index (κ2) is 3.88. The molecule has 1 aliphatic heterocycles. The van der Waals surface area contributed by atoms with Gasteiger partial charge in [0.1, 0.15) is 13.3 Å². The average molecular weight is 199 g/mol. The van der Waals surface area contributed by atoms with Crippen LogP contribution in [0.1, 0.15) is 6.92 Å². The van der Waals surface area contributed by atoms with Crippen LogP contribution in [0.2, 0.25) is 0 Å². The van der Waals surface area contributed by atoms with Crippen molar-refractivity contribution in [1.29, 1.82) is 0 Å². The van der Waals surface area contributed by atoms with E-state index in [0.717, 1.165) is 0 Å². The maximum atomic E-state index is 11.5. The van der Waals surface area contributed by atoms with Gasteiger partial charge in [0.2, 0.25) is 5.91 Å². The van der Waals surface area contributed by atoms with Gasteiger partial charge in [0.05, 0.1) is 18.8 Å². The smallest absolute Gasteiger partial charge is 0.231 e. The number of carbonyl (C=O) groups is 1. The molecule has 1 rings (SSSR count). The Hall–Kier alpha value is -0.585. The summed E-state index contributed by atoms with van der Waals surface area (Å²) in [6, 6.07) is -0.936. The van der Waals surface area contributed by atoms with Gasteiger partial charge in [-0.15, -0.1) is 0 Å². The van der Waals surface area contributed by atoms with Crippen LogP contribution in [0.15, 0.2) is 0 Å². The van der Waals surface area contributed by atoms with Crippen LogP contribution in [0.3, 0.4) is 0 Å². The molecule has 4 atom stereocenters. The Morgan fingerprint density at radius 3 is 2.71 bits per heavy atom. The minimum Gasteiger partial charge on any atom is -0.394 e. The Balaban J connectivity index is 2.97. The maximum absolute atomic E-state index is 11.5. The Bertz CT molecular complexity index is 237. The highest BCUT2D eigenvalue weighted by atomic mass is 16.5. The van der Waals surface area contributed by atoms with E-state index in [1.165, 1.54) is 14.0 Å². The minimum absolute atomic E-state index is 0.353. The van der Waals surface area contributed by atoms with Gasteiger partial charge in [-0.25, -0.2) is 0 Å². The summed E-state index contributed by atoms with van der Waals surface area (Å²) in [6.07, 6.45) is -1.88. The molecule has 0 saturated carbocycles. The van der Waals surface area contributed by atoms with Crippen LogP contribution in [0.25, 0.3) is 0 Å². The van der Waals surface area contributed by atoms with Crippen LogP contribution in [0.5, 0.6) is 0 Å². The van der Waals surface area contributed by atoms with E-state index in [1.54, 1.807) is 0 Å². The standard InChI is InChI=1S/C8H14BNO4/c1-8(7(13)10-2)4(3-11)14-6(9)5(8)12/h4-6,11-12H,3H2,1-2H3,(H,10,13)/t4-,5-,6+,8-/m1/s1. The number of hydrogen-bond acceptors (Lipinski definition) is 4. The highest BCUT2D eigenvalue weighted by molar-refractivity contribution is 6.12. The number of hydrogen-bond donors (Lipinski definition) is 3. The van der Waals surface area contributed by atoms with Crippen molar-refractivity contribution in [1.82, 2.24) is 5.32 Å². The lowest BCUT2D eigenvalue weighted by molar-refractivity contribution is -0.138. The van der Waals surface area contributed by atoms with Gasteiger partial charge >= 0.3 is 0 Å². The van der Waals surface area contributed by atoms with Crippen LogP contribution in [0, 0.1) is 5.41 Å². The second-order valence-electron chi connectivity index (χ2n) is 3.58. The molecule has 14 heavy (non-hydrogen) atoms.